The molecule has 0 bridgehead atoms. The molecule has 0 atom stereocenters. The summed E-state index contributed by atoms with van der Waals surface area (Å²) in [6.07, 6.45) is 1.24. The van der Waals surface area contributed by atoms with Crippen molar-refractivity contribution in [2.24, 2.45) is 5.10 Å². The monoisotopic (exact) mass is 292 g/mol. The number of carbonyl (C=O) groups excluding carboxylic acids is 2. The molecule has 8 heteroatoms. The molecule has 112 valence electrons. The van der Waals surface area contributed by atoms with Gasteiger partial charge in [0.1, 0.15) is 0 Å². The van der Waals surface area contributed by atoms with E-state index in [2.05, 4.69) is 10.5 Å². The molecule has 0 aliphatic rings. The van der Waals surface area contributed by atoms with Gasteiger partial charge in [0.2, 0.25) is 0 Å². The van der Waals surface area contributed by atoms with Crippen LogP contribution in [-0.4, -0.2) is 40.9 Å². The maximum atomic E-state index is 11.6. The second kappa shape index (κ2) is 7.73. The smallest absolute Gasteiger partial charge is 0.329 e. The predicted molar refractivity (Wildman–Crippen MR) is 76.8 cm³/mol. The molecule has 8 nitrogen and oxygen atoms in total. The van der Waals surface area contributed by atoms with Crippen LogP contribution in [0.15, 0.2) is 29.4 Å². The van der Waals surface area contributed by atoms with Gasteiger partial charge >= 0.3 is 11.8 Å². The summed E-state index contributed by atoms with van der Waals surface area (Å²) in [6.45, 7) is 4.39. The minimum atomic E-state index is -0.847. The van der Waals surface area contributed by atoms with Gasteiger partial charge < -0.3 is 4.90 Å². The number of hydrogen-bond acceptors (Lipinski definition) is 5. The molecule has 0 aliphatic carbocycles. The molecule has 0 unspecified atom stereocenters. The Kier molecular flexibility index (Phi) is 5.99. The van der Waals surface area contributed by atoms with Gasteiger partial charge in [-0.3, -0.25) is 19.7 Å². The minimum absolute atomic E-state index is 0.0792. The van der Waals surface area contributed by atoms with Gasteiger partial charge in [0.25, 0.3) is 5.69 Å². The fourth-order valence-electron chi connectivity index (χ4n) is 1.59. The van der Waals surface area contributed by atoms with Crippen LogP contribution in [0.5, 0.6) is 0 Å². The van der Waals surface area contributed by atoms with E-state index >= 15 is 0 Å². The average Bonchev–Trinajstić information content (AvgIpc) is 2.48. The molecular formula is C13H16N4O4. The molecule has 0 aliphatic heterocycles. The number of nitrogens with zero attached hydrogens (tertiary/aromatic N) is 3. The maximum Gasteiger partial charge on any atom is 0.329 e. The van der Waals surface area contributed by atoms with E-state index in [-0.39, 0.29) is 5.69 Å². The van der Waals surface area contributed by atoms with E-state index in [0.29, 0.717) is 18.7 Å². The Morgan fingerprint density at radius 3 is 2.62 bits per heavy atom. The highest BCUT2D eigenvalue weighted by Gasteiger charge is 2.18. The van der Waals surface area contributed by atoms with Crippen molar-refractivity contribution in [3.63, 3.8) is 0 Å². The Hall–Kier alpha value is -2.77. The zero-order valence-corrected chi connectivity index (χ0v) is 11.8. The molecular weight excluding hydrogens is 276 g/mol. The van der Waals surface area contributed by atoms with Crippen LogP contribution in [0.25, 0.3) is 0 Å². The Balaban J connectivity index is 2.66. The number of amides is 2. The fraction of sp³-hybridized carbons (Fsp3) is 0.308. The minimum Gasteiger partial charge on any atom is -0.335 e. The van der Waals surface area contributed by atoms with Crippen LogP contribution in [0.4, 0.5) is 5.69 Å². The van der Waals surface area contributed by atoms with Crippen molar-refractivity contribution in [2.45, 2.75) is 13.8 Å². The summed E-state index contributed by atoms with van der Waals surface area (Å²) < 4.78 is 0. The van der Waals surface area contributed by atoms with Gasteiger partial charge in [0.05, 0.1) is 11.1 Å². The third-order valence-electron chi connectivity index (χ3n) is 2.71. The van der Waals surface area contributed by atoms with E-state index in [1.54, 1.807) is 19.9 Å². The van der Waals surface area contributed by atoms with Crippen LogP contribution in [0.3, 0.4) is 0 Å². The standard InChI is InChI=1S/C13H16N4O4/c1-3-16(4-2)13(19)12(18)15-14-9-10-6-5-7-11(8-10)17(20)21/h5-9H,3-4H2,1-2H3,(H,15,18). The highest BCUT2D eigenvalue weighted by Crippen LogP contribution is 2.11. The highest BCUT2D eigenvalue weighted by molar-refractivity contribution is 6.34. The van der Waals surface area contributed by atoms with Crippen LogP contribution in [0.1, 0.15) is 19.4 Å². The van der Waals surface area contributed by atoms with Crippen molar-refractivity contribution in [3.05, 3.63) is 39.9 Å². The molecule has 2 amide bonds. The lowest BCUT2D eigenvalue weighted by atomic mass is 10.2. The Morgan fingerprint density at radius 2 is 2.05 bits per heavy atom. The lowest BCUT2D eigenvalue weighted by Gasteiger charge is -2.16. The molecule has 1 aromatic carbocycles. The first-order valence-electron chi connectivity index (χ1n) is 6.36. The SMILES string of the molecule is CCN(CC)C(=O)C(=O)NN=Cc1cccc([N+](=O)[O-])c1. The van der Waals surface area contributed by atoms with Crippen molar-refractivity contribution in [3.8, 4) is 0 Å². The van der Waals surface area contributed by atoms with Crippen LogP contribution in [0, 0.1) is 10.1 Å². The molecule has 0 spiro atoms. The number of hydrazone groups is 1. The molecule has 1 aromatic rings. The molecule has 0 saturated heterocycles. The van der Waals surface area contributed by atoms with E-state index in [1.807, 2.05) is 0 Å². The Morgan fingerprint density at radius 1 is 1.38 bits per heavy atom. The van der Waals surface area contributed by atoms with Crippen molar-refractivity contribution < 1.29 is 14.5 Å². The number of non-ortho nitro benzene ring substituents is 1. The molecule has 0 aromatic heterocycles. The van der Waals surface area contributed by atoms with Crippen molar-refractivity contribution >= 4 is 23.7 Å². The number of likely N-dealkylation sites (N-methyl/N-ethyl adjacent to an activating group) is 1. The summed E-state index contributed by atoms with van der Waals surface area (Å²) >= 11 is 0. The van der Waals surface area contributed by atoms with E-state index in [9.17, 15) is 19.7 Å². The summed E-state index contributed by atoms with van der Waals surface area (Å²) in [5, 5.41) is 14.2. The van der Waals surface area contributed by atoms with E-state index in [0.717, 1.165) is 0 Å². The van der Waals surface area contributed by atoms with Gasteiger partial charge in [0, 0.05) is 30.8 Å². The Bertz CT molecular complexity index is 567. The van der Waals surface area contributed by atoms with Gasteiger partial charge in [-0.1, -0.05) is 12.1 Å². The average molecular weight is 292 g/mol. The van der Waals surface area contributed by atoms with Crippen molar-refractivity contribution in [1.82, 2.24) is 10.3 Å². The van der Waals surface area contributed by atoms with Crippen molar-refractivity contribution in [1.29, 1.82) is 0 Å². The number of nitro groups is 1. The number of hydrogen-bond donors (Lipinski definition) is 1. The summed E-state index contributed by atoms with van der Waals surface area (Å²) in [6, 6.07) is 5.75. The van der Waals surface area contributed by atoms with Gasteiger partial charge in [0.15, 0.2) is 0 Å². The molecule has 0 saturated carbocycles. The summed E-state index contributed by atoms with van der Waals surface area (Å²) in [5.74, 6) is -1.52. The normalized spacial score (nSPS) is 10.4. The summed E-state index contributed by atoms with van der Waals surface area (Å²) in [4.78, 5) is 34.6. The van der Waals surface area contributed by atoms with Crippen LogP contribution in [0.2, 0.25) is 0 Å². The van der Waals surface area contributed by atoms with Gasteiger partial charge in [-0.25, -0.2) is 5.43 Å². The maximum absolute atomic E-state index is 11.6. The van der Waals surface area contributed by atoms with Crippen LogP contribution >= 0.6 is 0 Å². The molecule has 1 rings (SSSR count). The first-order valence-corrected chi connectivity index (χ1v) is 6.36. The molecule has 0 heterocycles. The quantitative estimate of drug-likeness (QED) is 0.377. The van der Waals surface area contributed by atoms with E-state index in [4.69, 9.17) is 0 Å². The zero-order valence-electron chi connectivity index (χ0n) is 11.8. The molecule has 21 heavy (non-hydrogen) atoms. The van der Waals surface area contributed by atoms with Crippen molar-refractivity contribution in [2.75, 3.05) is 13.1 Å². The Labute approximate surface area is 121 Å². The predicted octanol–water partition coefficient (Wildman–Crippen LogP) is 0.913. The van der Waals surface area contributed by atoms with Gasteiger partial charge in [-0.05, 0) is 13.8 Å². The second-order valence-electron chi connectivity index (χ2n) is 4.03. The lowest BCUT2D eigenvalue weighted by Crippen LogP contribution is -2.41. The number of nitro benzene ring substituents is 1. The molecule has 0 radical (unpaired) electrons. The summed E-state index contributed by atoms with van der Waals surface area (Å²) in [7, 11) is 0. The van der Waals surface area contributed by atoms with Gasteiger partial charge in [-0.2, -0.15) is 5.10 Å². The largest absolute Gasteiger partial charge is 0.335 e. The van der Waals surface area contributed by atoms with Crippen LogP contribution < -0.4 is 5.43 Å². The topological polar surface area (TPSA) is 105 Å². The van der Waals surface area contributed by atoms with E-state index < -0.39 is 16.7 Å². The number of carbonyl (C=O) groups is 2. The zero-order chi connectivity index (χ0) is 15.8. The molecule has 0 fully saturated rings. The number of nitrogens with one attached hydrogen (secondary N) is 1. The fourth-order valence-corrected chi connectivity index (χ4v) is 1.59. The number of rotatable bonds is 5. The van der Waals surface area contributed by atoms with E-state index in [1.165, 1.54) is 29.3 Å². The highest BCUT2D eigenvalue weighted by atomic mass is 16.6. The third-order valence-corrected chi connectivity index (χ3v) is 2.71. The second-order valence-corrected chi connectivity index (χ2v) is 4.03. The van der Waals surface area contributed by atoms with Gasteiger partial charge in [-0.15, -0.1) is 0 Å². The number of benzene rings is 1. The first kappa shape index (κ1) is 16.3. The third kappa shape index (κ3) is 4.68. The van der Waals surface area contributed by atoms with Crippen LogP contribution in [-0.2, 0) is 9.59 Å². The first-order chi connectivity index (χ1) is 9.99. The lowest BCUT2D eigenvalue weighted by molar-refractivity contribution is -0.384. The summed E-state index contributed by atoms with van der Waals surface area (Å²) in [5.41, 5.74) is 2.46. The molecule has 1 N–H and O–H groups in total.